The van der Waals surface area contributed by atoms with Gasteiger partial charge < -0.3 is 5.32 Å². The largest absolute Gasteiger partial charge is 0.349 e. The Kier molecular flexibility index (Phi) is 3.64. The summed E-state index contributed by atoms with van der Waals surface area (Å²) >= 11 is 0. The maximum atomic E-state index is 11.9. The molecular weight excluding hydrogens is 274 g/mol. The van der Waals surface area contributed by atoms with Crippen LogP contribution in [0.25, 0.3) is 0 Å². The molecule has 0 unspecified atom stereocenters. The molecule has 4 nitrogen and oxygen atoms in total. The van der Waals surface area contributed by atoms with Gasteiger partial charge in [0.2, 0.25) is 0 Å². The van der Waals surface area contributed by atoms with Crippen LogP contribution in [0.1, 0.15) is 35.2 Å². The SMILES string of the molecule is Cc1cc(S(=O)(=O)Cl)ccc1C(=O)NC1CCC1. The molecule has 0 atom stereocenters. The molecule has 1 amide bonds. The van der Waals surface area contributed by atoms with Gasteiger partial charge >= 0.3 is 0 Å². The lowest BCUT2D eigenvalue weighted by atomic mass is 9.92. The van der Waals surface area contributed by atoms with Crippen molar-refractivity contribution in [1.29, 1.82) is 0 Å². The molecule has 98 valence electrons. The summed E-state index contributed by atoms with van der Waals surface area (Å²) < 4.78 is 22.3. The monoisotopic (exact) mass is 287 g/mol. The van der Waals surface area contributed by atoms with Crippen molar-refractivity contribution in [3.8, 4) is 0 Å². The van der Waals surface area contributed by atoms with Crippen LogP contribution in [0.15, 0.2) is 23.1 Å². The molecule has 6 heteroatoms. The van der Waals surface area contributed by atoms with Gasteiger partial charge in [0.05, 0.1) is 4.90 Å². The summed E-state index contributed by atoms with van der Waals surface area (Å²) in [4.78, 5) is 12.0. The lowest BCUT2D eigenvalue weighted by Gasteiger charge is -2.26. The van der Waals surface area contributed by atoms with Crippen LogP contribution in [0.3, 0.4) is 0 Å². The van der Waals surface area contributed by atoms with Crippen LogP contribution >= 0.6 is 10.7 Å². The number of carbonyl (C=O) groups excluding carboxylic acids is 1. The van der Waals surface area contributed by atoms with E-state index >= 15 is 0 Å². The Hall–Kier alpha value is -1.07. The second-order valence-electron chi connectivity index (χ2n) is 4.52. The van der Waals surface area contributed by atoms with Gasteiger partial charge in [-0.25, -0.2) is 8.42 Å². The zero-order valence-corrected chi connectivity index (χ0v) is 11.5. The maximum absolute atomic E-state index is 11.9. The molecule has 1 aromatic rings. The number of amides is 1. The standard InChI is InChI=1S/C12H14ClNO3S/c1-8-7-10(18(13,16)17)5-6-11(8)12(15)14-9-3-2-4-9/h5-7,9H,2-4H2,1H3,(H,14,15). The minimum atomic E-state index is -3.74. The van der Waals surface area contributed by atoms with Crippen LogP contribution in [-0.4, -0.2) is 20.4 Å². The minimum absolute atomic E-state index is 0.0156. The zero-order valence-electron chi connectivity index (χ0n) is 9.94. The van der Waals surface area contributed by atoms with E-state index in [1.54, 1.807) is 6.92 Å². The van der Waals surface area contributed by atoms with Gasteiger partial charge in [0, 0.05) is 22.3 Å². The second-order valence-corrected chi connectivity index (χ2v) is 7.08. The highest BCUT2D eigenvalue weighted by molar-refractivity contribution is 8.13. The number of hydrogen-bond donors (Lipinski definition) is 1. The predicted molar refractivity (Wildman–Crippen MR) is 69.3 cm³/mol. The summed E-state index contributed by atoms with van der Waals surface area (Å²) in [5, 5.41) is 2.91. The fourth-order valence-corrected chi connectivity index (χ4v) is 2.69. The molecule has 0 aromatic heterocycles. The number of halogens is 1. The van der Waals surface area contributed by atoms with Crippen molar-refractivity contribution in [2.45, 2.75) is 37.1 Å². The number of carbonyl (C=O) groups is 1. The van der Waals surface area contributed by atoms with E-state index in [1.807, 2.05) is 0 Å². The van der Waals surface area contributed by atoms with E-state index in [1.165, 1.54) is 18.2 Å². The smallest absolute Gasteiger partial charge is 0.261 e. The van der Waals surface area contributed by atoms with Crippen molar-refractivity contribution in [2.75, 3.05) is 0 Å². The quantitative estimate of drug-likeness (QED) is 0.867. The fraction of sp³-hybridized carbons (Fsp3) is 0.417. The van der Waals surface area contributed by atoms with Crippen molar-refractivity contribution in [2.24, 2.45) is 0 Å². The topological polar surface area (TPSA) is 63.2 Å². The van der Waals surface area contributed by atoms with Crippen molar-refractivity contribution < 1.29 is 13.2 Å². The first kappa shape index (κ1) is 13.4. The van der Waals surface area contributed by atoms with E-state index in [0.29, 0.717) is 11.1 Å². The fourth-order valence-electron chi connectivity index (χ4n) is 1.86. The second kappa shape index (κ2) is 4.90. The third-order valence-corrected chi connectivity index (χ3v) is 4.52. The van der Waals surface area contributed by atoms with Gasteiger partial charge in [-0.3, -0.25) is 4.79 Å². The third kappa shape index (κ3) is 2.84. The zero-order chi connectivity index (χ0) is 13.3. The third-order valence-electron chi connectivity index (χ3n) is 3.16. The first-order chi connectivity index (χ1) is 8.38. The van der Waals surface area contributed by atoms with E-state index in [-0.39, 0.29) is 16.8 Å². The Morgan fingerprint density at radius 3 is 2.50 bits per heavy atom. The molecule has 2 rings (SSSR count). The van der Waals surface area contributed by atoms with Gasteiger partial charge in [-0.15, -0.1) is 0 Å². The van der Waals surface area contributed by atoms with Gasteiger partial charge in [-0.1, -0.05) is 0 Å². The van der Waals surface area contributed by atoms with Crippen LogP contribution in [0.5, 0.6) is 0 Å². The van der Waals surface area contributed by atoms with Crippen LogP contribution in [0.2, 0.25) is 0 Å². The molecule has 0 radical (unpaired) electrons. The van der Waals surface area contributed by atoms with Crippen LogP contribution in [0, 0.1) is 6.92 Å². The number of rotatable bonds is 3. The number of benzene rings is 1. The van der Waals surface area contributed by atoms with E-state index < -0.39 is 9.05 Å². The Balaban J connectivity index is 2.21. The molecule has 0 aliphatic heterocycles. The summed E-state index contributed by atoms with van der Waals surface area (Å²) in [6.45, 7) is 1.70. The van der Waals surface area contributed by atoms with Crippen molar-refractivity contribution in [1.82, 2.24) is 5.32 Å². The Morgan fingerprint density at radius 2 is 2.06 bits per heavy atom. The average Bonchev–Trinajstić information content (AvgIpc) is 2.21. The highest BCUT2D eigenvalue weighted by Gasteiger charge is 2.21. The molecule has 18 heavy (non-hydrogen) atoms. The molecule has 1 N–H and O–H groups in total. The van der Waals surface area contributed by atoms with Gasteiger partial charge in [-0.05, 0) is 49.9 Å². The first-order valence-electron chi connectivity index (χ1n) is 5.74. The Bertz CT molecular complexity index is 579. The van der Waals surface area contributed by atoms with Crippen molar-refractivity contribution in [3.05, 3.63) is 29.3 Å². The molecular formula is C12H14ClNO3S. The molecule has 0 bridgehead atoms. The Labute approximate surface area is 111 Å². The average molecular weight is 288 g/mol. The van der Waals surface area contributed by atoms with Gasteiger partial charge in [0.15, 0.2) is 0 Å². The molecule has 0 spiro atoms. The van der Waals surface area contributed by atoms with Gasteiger partial charge in [0.1, 0.15) is 0 Å². The minimum Gasteiger partial charge on any atom is -0.349 e. The molecule has 1 saturated carbocycles. The van der Waals surface area contributed by atoms with Gasteiger partial charge in [0.25, 0.3) is 15.0 Å². The van der Waals surface area contributed by atoms with E-state index in [9.17, 15) is 13.2 Å². The maximum Gasteiger partial charge on any atom is 0.261 e. The molecule has 1 aromatic carbocycles. The number of nitrogens with one attached hydrogen (secondary N) is 1. The van der Waals surface area contributed by atoms with E-state index in [2.05, 4.69) is 5.32 Å². The van der Waals surface area contributed by atoms with Crippen molar-refractivity contribution in [3.63, 3.8) is 0 Å². The van der Waals surface area contributed by atoms with Crippen LogP contribution in [-0.2, 0) is 9.05 Å². The summed E-state index contributed by atoms with van der Waals surface area (Å²) in [5.41, 5.74) is 1.10. The molecule has 1 fully saturated rings. The highest BCUT2D eigenvalue weighted by Crippen LogP contribution is 2.21. The highest BCUT2D eigenvalue weighted by atomic mass is 35.7. The van der Waals surface area contributed by atoms with E-state index in [4.69, 9.17) is 10.7 Å². The lowest BCUT2D eigenvalue weighted by Crippen LogP contribution is -2.39. The van der Waals surface area contributed by atoms with Crippen LogP contribution < -0.4 is 5.32 Å². The summed E-state index contributed by atoms with van der Waals surface area (Å²) in [7, 11) is 1.51. The van der Waals surface area contributed by atoms with Gasteiger partial charge in [-0.2, -0.15) is 0 Å². The molecule has 0 heterocycles. The number of hydrogen-bond acceptors (Lipinski definition) is 3. The Morgan fingerprint density at radius 1 is 1.39 bits per heavy atom. The number of aryl methyl sites for hydroxylation is 1. The molecule has 1 aliphatic carbocycles. The normalized spacial score (nSPS) is 16.1. The summed E-state index contributed by atoms with van der Waals surface area (Å²) in [6, 6.07) is 4.52. The lowest BCUT2D eigenvalue weighted by molar-refractivity contribution is 0.0916. The van der Waals surface area contributed by atoms with E-state index in [0.717, 1.165) is 19.3 Å². The molecule has 1 aliphatic rings. The predicted octanol–water partition coefficient (Wildman–Crippen LogP) is 2.20. The van der Waals surface area contributed by atoms with Crippen molar-refractivity contribution >= 4 is 25.6 Å². The first-order valence-corrected chi connectivity index (χ1v) is 8.05. The van der Waals surface area contributed by atoms with Crippen LogP contribution in [0.4, 0.5) is 0 Å². The summed E-state index contributed by atoms with van der Waals surface area (Å²) in [5.74, 6) is -0.157. The summed E-state index contributed by atoms with van der Waals surface area (Å²) in [6.07, 6.45) is 3.17. The molecule has 0 saturated heterocycles.